The lowest BCUT2D eigenvalue weighted by atomic mass is 10.1. The van der Waals surface area contributed by atoms with Gasteiger partial charge in [0.25, 0.3) is 5.91 Å². The van der Waals surface area contributed by atoms with Crippen molar-refractivity contribution in [2.45, 2.75) is 20.4 Å². The van der Waals surface area contributed by atoms with Gasteiger partial charge in [-0.2, -0.15) is 0 Å². The molecule has 4 aromatic rings. The standard InChI is InChI=1S/C26H24N4O/c1-18-6-3-8-20(12-18)15-27-25(31)22-10-5-11-24(14-22)30-26-28-16-23(17-29-26)21-9-4-7-19(2)13-21/h3-14,16-17H,15H2,1-2H3,(H,27,31)(H,28,29,30). The van der Waals surface area contributed by atoms with Crippen molar-refractivity contribution in [3.63, 3.8) is 0 Å². The van der Waals surface area contributed by atoms with E-state index in [1.165, 1.54) is 11.1 Å². The van der Waals surface area contributed by atoms with Crippen molar-refractivity contribution >= 4 is 17.5 Å². The molecule has 0 aliphatic carbocycles. The number of rotatable bonds is 6. The van der Waals surface area contributed by atoms with E-state index in [0.29, 0.717) is 18.1 Å². The van der Waals surface area contributed by atoms with E-state index in [4.69, 9.17) is 0 Å². The fourth-order valence-corrected chi connectivity index (χ4v) is 3.34. The summed E-state index contributed by atoms with van der Waals surface area (Å²) in [5.74, 6) is 0.356. The van der Waals surface area contributed by atoms with E-state index >= 15 is 0 Å². The summed E-state index contributed by atoms with van der Waals surface area (Å²) in [6, 6.07) is 23.6. The highest BCUT2D eigenvalue weighted by molar-refractivity contribution is 5.95. The molecule has 0 fully saturated rings. The van der Waals surface area contributed by atoms with E-state index in [1.807, 2.05) is 49.4 Å². The van der Waals surface area contributed by atoms with Gasteiger partial charge in [-0.3, -0.25) is 4.79 Å². The molecule has 5 heteroatoms. The molecule has 0 radical (unpaired) electrons. The third-order valence-corrected chi connectivity index (χ3v) is 4.92. The second kappa shape index (κ2) is 9.22. The Morgan fingerprint density at radius 2 is 1.52 bits per heavy atom. The number of aryl methyl sites for hydroxylation is 2. The van der Waals surface area contributed by atoms with Crippen LogP contribution in [0.25, 0.3) is 11.1 Å². The molecule has 0 spiro atoms. The maximum absolute atomic E-state index is 12.6. The Hall–Kier alpha value is -3.99. The van der Waals surface area contributed by atoms with Crippen LogP contribution >= 0.6 is 0 Å². The maximum Gasteiger partial charge on any atom is 0.251 e. The van der Waals surface area contributed by atoms with Gasteiger partial charge in [0.15, 0.2) is 0 Å². The number of nitrogens with zero attached hydrogens (tertiary/aromatic N) is 2. The summed E-state index contributed by atoms with van der Waals surface area (Å²) in [6.45, 7) is 4.59. The van der Waals surface area contributed by atoms with Gasteiger partial charge in [0, 0.05) is 35.8 Å². The fraction of sp³-hybridized carbons (Fsp3) is 0.115. The molecule has 4 rings (SSSR count). The Morgan fingerprint density at radius 1 is 0.806 bits per heavy atom. The Labute approximate surface area is 182 Å². The van der Waals surface area contributed by atoms with Crippen LogP contribution in [0.2, 0.25) is 0 Å². The molecule has 0 unspecified atom stereocenters. The first-order valence-corrected chi connectivity index (χ1v) is 10.2. The van der Waals surface area contributed by atoms with Crippen molar-refractivity contribution in [3.05, 3.63) is 107 Å². The molecule has 0 aliphatic heterocycles. The van der Waals surface area contributed by atoms with Crippen molar-refractivity contribution in [1.82, 2.24) is 15.3 Å². The van der Waals surface area contributed by atoms with Crippen molar-refractivity contribution in [2.75, 3.05) is 5.32 Å². The molecular weight excluding hydrogens is 384 g/mol. The Balaban J connectivity index is 1.41. The molecule has 0 atom stereocenters. The third-order valence-electron chi connectivity index (χ3n) is 4.92. The van der Waals surface area contributed by atoms with Crippen molar-refractivity contribution < 1.29 is 4.79 Å². The van der Waals surface area contributed by atoms with Crippen LogP contribution in [0.4, 0.5) is 11.6 Å². The second-order valence-corrected chi connectivity index (χ2v) is 7.54. The molecule has 0 bridgehead atoms. The topological polar surface area (TPSA) is 66.9 Å². The average Bonchev–Trinajstić information content (AvgIpc) is 2.78. The van der Waals surface area contributed by atoms with Crippen LogP contribution < -0.4 is 10.6 Å². The van der Waals surface area contributed by atoms with Gasteiger partial charge in [-0.1, -0.05) is 65.7 Å². The summed E-state index contributed by atoms with van der Waals surface area (Å²) in [5.41, 5.74) is 6.81. The minimum absolute atomic E-state index is 0.124. The lowest BCUT2D eigenvalue weighted by Crippen LogP contribution is -2.22. The fourth-order valence-electron chi connectivity index (χ4n) is 3.34. The molecule has 1 aromatic heterocycles. The van der Waals surface area contributed by atoms with Gasteiger partial charge in [-0.15, -0.1) is 0 Å². The van der Waals surface area contributed by atoms with Gasteiger partial charge >= 0.3 is 0 Å². The number of carbonyl (C=O) groups is 1. The number of anilines is 2. The van der Waals surface area contributed by atoms with E-state index in [9.17, 15) is 4.79 Å². The summed E-state index contributed by atoms with van der Waals surface area (Å²) >= 11 is 0. The number of carbonyl (C=O) groups excluding carboxylic acids is 1. The molecular formula is C26H24N4O. The molecule has 3 aromatic carbocycles. The SMILES string of the molecule is Cc1cccc(CNC(=O)c2cccc(Nc3ncc(-c4cccc(C)c4)cn3)c2)c1. The summed E-state index contributed by atoms with van der Waals surface area (Å²) in [7, 11) is 0. The molecule has 2 N–H and O–H groups in total. The van der Waals surface area contributed by atoms with Gasteiger partial charge in [0.2, 0.25) is 5.95 Å². The van der Waals surface area contributed by atoms with Gasteiger partial charge in [-0.25, -0.2) is 9.97 Å². The number of benzene rings is 3. The zero-order valence-corrected chi connectivity index (χ0v) is 17.6. The quantitative estimate of drug-likeness (QED) is 0.446. The summed E-state index contributed by atoms with van der Waals surface area (Å²) in [5, 5.41) is 6.13. The summed E-state index contributed by atoms with van der Waals surface area (Å²) in [4.78, 5) is 21.4. The van der Waals surface area contributed by atoms with E-state index in [2.05, 4.69) is 45.7 Å². The first-order chi connectivity index (χ1) is 15.1. The molecule has 0 saturated heterocycles. The zero-order valence-electron chi connectivity index (χ0n) is 17.6. The third kappa shape index (κ3) is 5.34. The summed E-state index contributed by atoms with van der Waals surface area (Å²) in [6.07, 6.45) is 3.59. The predicted octanol–water partition coefficient (Wildman–Crippen LogP) is 5.43. The molecule has 5 nitrogen and oxygen atoms in total. The van der Waals surface area contributed by atoms with Crippen LogP contribution in [-0.2, 0) is 6.54 Å². The predicted molar refractivity (Wildman–Crippen MR) is 124 cm³/mol. The highest BCUT2D eigenvalue weighted by Gasteiger charge is 2.08. The molecule has 154 valence electrons. The van der Waals surface area contributed by atoms with Crippen LogP contribution in [0.3, 0.4) is 0 Å². The Bertz CT molecular complexity index is 1200. The zero-order chi connectivity index (χ0) is 21.6. The Kier molecular flexibility index (Phi) is 6.03. The van der Waals surface area contributed by atoms with E-state index in [1.54, 1.807) is 24.5 Å². The van der Waals surface area contributed by atoms with Crippen LogP contribution in [0.1, 0.15) is 27.0 Å². The highest BCUT2D eigenvalue weighted by Crippen LogP contribution is 2.20. The van der Waals surface area contributed by atoms with Crippen molar-refractivity contribution in [1.29, 1.82) is 0 Å². The van der Waals surface area contributed by atoms with Crippen LogP contribution in [0, 0.1) is 13.8 Å². The van der Waals surface area contributed by atoms with Gasteiger partial charge in [0.05, 0.1) is 0 Å². The van der Waals surface area contributed by atoms with E-state index in [0.717, 1.165) is 22.4 Å². The van der Waals surface area contributed by atoms with Gasteiger partial charge in [-0.05, 0) is 43.2 Å². The van der Waals surface area contributed by atoms with Crippen molar-refractivity contribution in [3.8, 4) is 11.1 Å². The van der Waals surface area contributed by atoms with E-state index < -0.39 is 0 Å². The lowest BCUT2D eigenvalue weighted by Gasteiger charge is -2.09. The normalized spacial score (nSPS) is 10.5. The molecule has 1 heterocycles. The molecule has 0 aliphatic rings. The lowest BCUT2D eigenvalue weighted by molar-refractivity contribution is 0.0951. The van der Waals surface area contributed by atoms with E-state index in [-0.39, 0.29) is 5.91 Å². The Morgan fingerprint density at radius 3 is 2.26 bits per heavy atom. The number of amides is 1. The first kappa shape index (κ1) is 20.3. The minimum atomic E-state index is -0.124. The monoisotopic (exact) mass is 408 g/mol. The minimum Gasteiger partial charge on any atom is -0.348 e. The van der Waals surface area contributed by atoms with Gasteiger partial charge < -0.3 is 10.6 Å². The number of nitrogens with one attached hydrogen (secondary N) is 2. The summed E-state index contributed by atoms with van der Waals surface area (Å²) < 4.78 is 0. The maximum atomic E-state index is 12.6. The largest absolute Gasteiger partial charge is 0.348 e. The first-order valence-electron chi connectivity index (χ1n) is 10.2. The molecule has 31 heavy (non-hydrogen) atoms. The van der Waals surface area contributed by atoms with Crippen LogP contribution in [0.15, 0.2) is 85.2 Å². The second-order valence-electron chi connectivity index (χ2n) is 7.54. The van der Waals surface area contributed by atoms with Crippen LogP contribution in [0.5, 0.6) is 0 Å². The van der Waals surface area contributed by atoms with Gasteiger partial charge in [0.1, 0.15) is 0 Å². The number of hydrogen-bond acceptors (Lipinski definition) is 4. The smallest absolute Gasteiger partial charge is 0.251 e. The molecule has 1 amide bonds. The number of aromatic nitrogens is 2. The average molecular weight is 409 g/mol. The molecule has 0 saturated carbocycles. The van der Waals surface area contributed by atoms with Crippen LogP contribution in [-0.4, -0.2) is 15.9 Å². The number of hydrogen-bond donors (Lipinski definition) is 2. The highest BCUT2D eigenvalue weighted by atomic mass is 16.1. The van der Waals surface area contributed by atoms with Crippen molar-refractivity contribution in [2.24, 2.45) is 0 Å².